The van der Waals surface area contributed by atoms with Gasteiger partial charge < -0.3 is 15.1 Å². The second-order valence-corrected chi connectivity index (χ2v) is 5.51. The van der Waals surface area contributed by atoms with E-state index in [1.54, 1.807) is 12.1 Å². The van der Waals surface area contributed by atoms with Crippen molar-refractivity contribution in [3.63, 3.8) is 0 Å². The van der Waals surface area contributed by atoms with Crippen LogP contribution in [0.3, 0.4) is 0 Å². The normalized spacial score (nSPS) is 17.1. The minimum Gasteiger partial charge on any atom is -0.352 e. The van der Waals surface area contributed by atoms with Crippen molar-refractivity contribution in [1.82, 2.24) is 20.1 Å². The Balaban J connectivity index is 1.63. The number of aromatic nitrogens is 1. The fraction of sp³-hybridized carbons (Fsp3) is 0.571. The molecular formula is C14H21ClN4O. The zero-order valence-corrected chi connectivity index (χ0v) is 12.6. The van der Waals surface area contributed by atoms with Crippen molar-refractivity contribution in [3.8, 4) is 0 Å². The third-order valence-corrected chi connectivity index (χ3v) is 3.75. The zero-order chi connectivity index (χ0) is 14.4. The summed E-state index contributed by atoms with van der Waals surface area (Å²) in [6.45, 7) is 6.21. The fourth-order valence-electron chi connectivity index (χ4n) is 2.19. The highest BCUT2D eigenvalue weighted by Gasteiger charge is 2.13. The summed E-state index contributed by atoms with van der Waals surface area (Å²) >= 11 is 5.69. The third kappa shape index (κ3) is 4.74. The van der Waals surface area contributed by atoms with Crippen LogP contribution in [0, 0.1) is 0 Å². The number of amides is 1. The average molecular weight is 297 g/mol. The van der Waals surface area contributed by atoms with Gasteiger partial charge in [-0.1, -0.05) is 11.6 Å². The number of halogens is 1. The number of likely N-dealkylation sites (N-methyl/N-ethyl adjacent to an activating group) is 1. The van der Waals surface area contributed by atoms with Gasteiger partial charge in [0.2, 0.25) is 0 Å². The third-order valence-electron chi connectivity index (χ3n) is 3.52. The first-order valence-corrected chi connectivity index (χ1v) is 7.33. The van der Waals surface area contributed by atoms with Gasteiger partial charge in [0.1, 0.15) is 5.15 Å². The number of piperazine rings is 1. The van der Waals surface area contributed by atoms with Crippen LogP contribution in [0.2, 0.25) is 5.15 Å². The molecule has 1 aliphatic heterocycles. The van der Waals surface area contributed by atoms with Gasteiger partial charge in [0.05, 0.1) is 5.56 Å². The molecule has 2 heterocycles. The molecule has 0 unspecified atom stereocenters. The molecule has 0 aromatic carbocycles. The van der Waals surface area contributed by atoms with Gasteiger partial charge in [-0.15, -0.1) is 0 Å². The van der Waals surface area contributed by atoms with Crippen LogP contribution in [0.15, 0.2) is 18.3 Å². The summed E-state index contributed by atoms with van der Waals surface area (Å²) in [6.07, 6.45) is 2.47. The lowest BCUT2D eigenvalue weighted by atomic mass is 10.2. The monoisotopic (exact) mass is 296 g/mol. The first-order chi connectivity index (χ1) is 9.65. The molecule has 1 amide bonds. The maximum Gasteiger partial charge on any atom is 0.252 e. The molecule has 0 radical (unpaired) electrons. The number of carbonyl (C=O) groups excluding carboxylic acids is 1. The van der Waals surface area contributed by atoms with Gasteiger partial charge in [0.15, 0.2) is 0 Å². The van der Waals surface area contributed by atoms with E-state index in [1.807, 2.05) is 0 Å². The van der Waals surface area contributed by atoms with E-state index in [0.717, 1.165) is 39.1 Å². The Morgan fingerprint density at radius 2 is 2.10 bits per heavy atom. The van der Waals surface area contributed by atoms with Crippen molar-refractivity contribution >= 4 is 17.5 Å². The maximum absolute atomic E-state index is 11.8. The molecule has 1 N–H and O–H groups in total. The number of hydrogen-bond donors (Lipinski definition) is 1. The van der Waals surface area contributed by atoms with Crippen LogP contribution >= 0.6 is 11.6 Å². The highest BCUT2D eigenvalue weighted by atomic mass is 35.5. The topological polar surface area (TPSA) is 48.5 Å². The quantitative estimate of drug-likeness (QED) is 0.653. The summed E-state index contributed by atoms with van der Waals surface area (Å²) < 4.78 is 0. The van der Waals surface area contributed by atoms with Crippen molar-refractivity contribution in [1.29, 1.82) is 0 Å². The highest BCUT2D eigenvalue weighted by Crippen LogP contribution is 2.05. The Morgan fingerprint density at radius 1 is 1.35 bits per heavy atom. The van der Waals surface area contributed by atoms with E-state index < -0.39 is 0 Å². The van der Waals surface area contributed by atoms with E-state index in [0.29, 0.717) is 17.3 Å². The molecule has 6 heteroatoms. The van der Waals surface area contributed by atoms with Crippen molar-refractivity contribution < 1.29 is 4.79 Å². The van der Waals surface area contributed by atoms with E-state index in [1.165, 1.54) is 6.20 Å². The van der Waals surface area contributed by atoms with Crippen LogP contribution in [-0.4, -0.2) is 67.0 Å². The van der Waals surface area contributed by atoms with Gasteiger partial charge in [0.25, 0.3) is 5.91 Å². The summed E-state index contributed by atoms with van der Waals surface area (Å²) in [7, 11) is 2.15. The molecular weight excluding hydrogens is 276 g/mol. The lowest BCUT2D eigenvalue weighted by molar-refractivity contribution is 0.0949. The molecule has 110 valence electrons. The Bertz CT molecular complexity index is 429. The molecule has 2 rings (SSSR count). The van der Waals surface area contributed by atoms with Gasteiger partial charge in [-0.2, -0.15) is 0 Å². The van der Waals surface area contributed by atoms with Gasteiger partial charge in [0, 0.05) is 38.9 Å². The number of hydrogen-bond acceptors (Lipinski definition) is 4. The second-order valence-electron chi connectivity index (χ2n) is 5.12. The molecule has 0 saturated carbocycles. The van der Waals surface area contributed by atoms with Gasteiger partial charge in [-0.05, 0) is 32.1 Å². The number of pyridine rings is 1. The van der Waals surface area contributed by atoms with E-state index in [4.69, 9.17) is 11.6 Å². The van der Waals surface area contributed by atoms with Crippen LogP contribution in [0.25, 0.3) is 0 Å². The molecule has 1 aromatic rings. The van der Waals surface area contributed by atoms with E-state index in [-0.39, 0.29) is 5.91 Å². The molecule has 1 aromatic heterocycles. The van der Waals surface area contributed by atoms with Gasteiger partial charge >= 0.3 is 0 Å². The largest absolute Gasteiger partial charge is 0.352 e. The average Bonchev–Trinajstić information content (AvgIpc) is 2.46. The summed E-state index contributed by atoms with van der Waals surface area (Å²) in [5.41, 5.74) is 0.550. The van der Waals surface area contributed by atoms with Crippen molar-refractivity contribution in [2.45, 2.75) is 6.42 Å². The van der Waals surface area contributed by atoms with E-state index in [2.05, 4.69) is 27.1 Å². The predicted molar refractivity (Wildman–Crippen MR) is 80.1 cm³/mol. The van der Waals surface area contributed by atoms with Gasteiger partial charge in [-0.3, -0.25) is 4.79 Å². The minimum atomic E-state index is -0.0902. The Kier molecular flexibility index (Phi) is 5.76. The number of nitrogens with one attached hydrogen (secondary N) is 1. The standard InChI is InChI=1S/C14H21ClN4O/c1-18-7-9-19(10-8-18)6-2-5-16-14(20)12-3-4-13(15)17-11-12/h3-4,11H,2,5-10H2,1H3,(H,16,20). The number of nitrogens with zero attached hydrogens (tertiary/aromatic N) is 3. The first-order valence-electron chi connectivity index (χ1n) is 6.96. The van der Waals surface area contributed by atoms with E-state index >= 15 is 0 Å². The van der Waals surface area contributed by atoms with Crippen LogP contribution < -0.4 is 5.32 Å². The molecule has 0 spiro atoms. The number of carbonyl (C=O) groups is 1. The second kappa shape index (κ2) is 7.57. The van der Waals surface area contributed by atoms with Crippen molar-refractivity contribution in [2.75, 3.05) is 46.3 Å². The van der Waals surface area contributed by atoms with Gasteiger partial charge in [-0.25, -0.2) is 4.98 Å². The molecule has 0 aliphatic carbocycles. The Labute approximate surface area is 124 Å². The van der Waals surface area contributed by atoms with E-state index in [9.17, 15) is 4.79 Å². The van der Waals surface area contributed by atoms with Crippen molar-refractivity contribution in [2.24, 2.45) is 0 Å². The highest BCUT2D eigenvalue weighted by molar-refractivity contribution is 6.29. The maximum atomic E-state index is 11.8. The first kappa shape index (κ1) is 15.2. The molecule has 1 saturated heterocycles. The summed E-state index contributed by atoms with van der Waals surface area (Å²) in [5.74, 6) is -0.0902. The molecule has 0 atom stereocenters. The summed E-state index contributed by atoms with van der Waals surface area (Å²) in [5, 5.41) is 3.31. The van der Waals surface area contributed by atoms with Crippen LogP contribution in [0.5, 0.6) is 0 Å². The number of rotatable bonds is 5. The lowest BCUT2D eigenvalue weighted by Crippen LogP contribution is -2.45. The summed E-state index contributed by atoms with van der Waals surface area (Å²) in [6, 6.07) is 3.31. The molecule has 0 bridgehead atoms. The molecule has 1 aliphatic rings. The lowest BCUT2D eigenvalue weighted by Gasteiger charge is -2.32. The predicted octanol–water partition coefficient (Wildman–Crippen LogP) is 1.10. The van der Waals surface area contributed by atoms with Crippen molar-refractivity contribution in [3.05, 3.63) is 29.0 Å². The summed E-state index contributed by atoms with van der Waals surface area (Å²) in [4.78, 5) is 20.5. The molecule has 1 fully saturated rings. The molecule has 5 nitrogen and oxygen atoms in total. The SMILES string of the molecule is CN1CCN(CCCNC(=O)c2ccc(Cl)nc2)CC1. The molecule has 20 heavy (non-hydrogen) atoms. The zero-order valence-electron chi connectivity index (χ0n) is 11.8. The Hall–Kier alpha value is -1.17. The minimum absolute atomic E-state index is 0.0902. The smallest absolute Gasteiger partial charge is 0.252 e. The van der Waals surface area contributed by atoms with Crippen LogP contribution in [0.1, 0.15) is 16.8 Å². The fourth-order valence-corrected chi connectivity index (χ4v) is 2.30. The Morgan fingerprint density at radius 3 is 2.75 bits per heavy atom. The van der Waals surface area contributed by atoms with Crippen LogP contribution in [0.4, 0.5) is 0 Å². The van der Waals surface area contributed by atoms with Crippen LogP contribution in [-0.2, 0) is 0 Å².